The second-order valence-electron chi connectivity index (χ2n) is 7.57. The normalized spacial score (nSPS) is 20.1. The van der Waals surface area contributed by atoms with Crippen LogP contribution in [0.2, 0.25) is 0 Å². The van der Waals surface area contributed by atoms with Gasteiger partial charge in [0.05, 0.1) is 24.8 Å². The average Bonchev–Trinajstić information content (AvgIpc) is 3.27. The van der Waals surface area contributed by atoms with E-state index in [1.54, 1.807) is 6.26 Å². The second kappa shape index (κ2) is 12.4. The van der Waals surface area contributed by atoms with Gasteiger partial charge in [0.1, 0.15) is 5.76 Å². The fourth-order valence-corrected chi connectivity index (χ4v) is 4.23. The molecule has 29 heavy (non-hydrogen) atoms. The number of furan rings is 1. The number of likely N-dealkylation sites (tertiary alicyclic amines) is 2. The minimum atomic E-state index is -0.0620. The van der Waals surface area contributed by atoms with Crippen LogP contribution in [0.5, 0.6) is 0 Å². The summed E-state index contributed by atoms with van der Waals surface area (Å²) in [6.07, 6.45) is 7.17. The Balaban J connectivity index is 0.00000300. The van der Waals surface area contributed by atoms with E-state index < -0.39 is 0 Å². The van der Waals surface area contributed by atoms with Crippen molar-refractivity contribution in [3.05, 3.63) is 24.2 Å². The van der Waals surface area contributed by atoms with Gasteiger partial charge in [-0.05, 0) is 57.8 Å². The van der Waals surface area contributed by atoms with E-state index in [2.05, 4.69) is 26.2 Å². The summed E-state index contributed by atoms with van der Waals surface area (Å²) < 4.78 is 10.9. The molecule has 3 rings (SSSR count). The summed E-state index contributed by atoms with van der Waals surface area (Å²) in [5, 5.41) is 3.55. The van der Waals surface area contributed by atoms with Gasteiger partial charge in [0.15, 0.2) is 5.96 Å². The van der Waals surface area contributed by atoms with Crippen molar-refractivity contribution in [2.24, 2.45) is 10.9 Å². The first-order valence-electron chi connectivity index (χ1n) is 10.6. The van der Waals surface area contributed by atoms with E-state index in [9.17, 15) is 4.79 Å². The average molecular weight is 518 g/mol. The highest BCUT2D eigenvalue weighted by Gasteiger charge is 2.29. The lowest BCUT2D eigenvalue weighted by molar-refractivity contribution is -0.149. The van der Waals surface area contributed by atoms with Crippen LogP contribution in [0, 0.1) is 5.92 Å². The SMILES string of the molecule is CCOC(=O)C1CCN(C(=NC)NCC(c2ccco2)N2CCCCC2)CC1.I. The molecule has 2 fully saturated rings. The molecule has 1 aromatic rings. The largest absolute Gasteiger partial charge is 0.468 e. The molecule has 0 spiro atoms. The zero-order chi connectivity index (χ0) is 19.8. The molecule has 3 heterocycles. The van der Waals surface area contributed by atoms with Crippen molar-refractivity contribution in [3.8, 4) is 0 Å². The van der Waals surface area contributed by atoms with Crippen molar-refractivity contribution in [2.45, 2.75) is 45.1 Å². The first-order valence-corrected chi connectivity index (χ1v) is 10.6. The minimum Gasteiger partial charge on any atom is -0.468 e. The Bertz CT molecular complexity index is 624. The van der Waals surface area contributed by atoms with Gasteiger partial charge in [-0.3, -0.25) is 14.7 Å². The molecule has 1 unspecified atom stereocenters. The van der Waals surface area contributed by atoms with Gasteiger partial charge < -0.3 is 19.4 Å². The number of esters is 1. The molecule has 7 nitrogen and oxygen atoms in total. The van der Waals surface area contributed by atoms with Gasteiger partial charge in [0.2, 0.25) is 0 Å². The number of nitrogens with zero attached hydrogens (tertiary/aromatic N) is 3. The number of hydrogen-bond acceptors (Lipinski definition) is 5. The Labute approximate surface area is 191 Å². The van der Waals surface area contributed by atoms with E-state index in [1.807, 2.05) is 20.0 Å². The Hall–Kier alpha value is -1.29. The van der Waals surface area contributed by atoms with Crippen molar-refractivity contribution >= 4 is 35.9 Å². The quantitative estimate of drug-likeness (QED) is 0.270. The van der Waals surface area contributed by atoms with Gasteiger partial charge in [-0.1, -0.05) is 6.42 Å². The highest BCUT2D eigenvalue weighted by Crippen LogP contribution is 2.25. The summed E-state index contributed by atoms with van der Waals surface area (Å²) in [6, 6.07) is 4.24. The maximum absolute atomic E-state index is 12.0. The molecule has 2 aliphatic heterocycles. The molecule has 2 saturated heterocycles. The van der Waals surface area contributed by atoms with Gasteiger partial charge in [-0.15, -0.1) is 24.0 Å². The fraction of sp³-hybridized carbons (Fsp3) is 0.714. The maximum Gasteiger partial charge on any atom is 0.309 e. The lowest BCUT2D eigenvalue weighted by Gasteiger charge is -2.36. The van der Waals surface area contributed by atoms with Crippen LogP contribution < -0.4 is 5.32 Å². The van der Waals surface area contributed by atoms with Gasteiger partial charge >= 0.3 is 5.97 Å². The number of guanidine groups is 1. The molecular formula is C21H35IN4O3. The molecule has 1 atom stereocenters. The van der Waals surface area contributed by atoms with E-state index in [1.165, 1.54) is 19.3 Å². The van der Waals surface area contributed by atoms with E-state index >= 15 is 0 Å². The number of halogens is 1. The summed E-state index contributed by atoms with van der Waals surface area (Å²) in [7, 11) is 1.82. The first kappa shape index (κ1) is 24.0. The molecule has 0 radical (unpaired) electrons. The molecule has 0 bridgehead atoms. The summed E-state index contributed by atoms with van der Waals surface area (Å²) in [5.41, 5.74) is 0. The molecule has 1 N–H and O–H groups in total. The molecule has 0 saturated carbocycles. The zero-order valence-corrected chi connectivity index (χ0v) is 20.0. The van der Waals surface area contributed by atoms with Crippen LogP contribution in [0.25, 0.3) is 0 Å². The monoisotopic (exact) mass is 518 g/mol. The number of rotatable bonds is 6. The number of ether oxygens (including phenoxy) is 1. The molecule has 0 amide bonds. The maximum atomic E-state index is 12.0. The topological polar surface area (TPSA) is 70.3 Å². The predicted octanol–water partition coefficient (Wildman–Crippen LogP) is 3.28. The van der Waals surface area contributed by atoms with E-state index in [0.29, 0.717) is 6.61 Å². The Morgan fingerprint density at radius 1 is 1.28 bits per heavy atom. The number of nitrogens with one attached hydrogen (secondary N) is 1. The molecule has 0 aliphatic carbocycles. The zero-order valence-electron chi connectivity index (χ0n) is 17.6. The number of aliphatic imine (C=N–C) groups is 1. The highest BCUT2D eigenvalue weighted by atomic mass is 127. The Morgan fingerprint density at radius 2 is 2.00 bits per heavy atom. The van der Waals surface area contributed by atoms with Crippen molar-refractivity contribution in [1.29, 1.82) is 0 Å². The smallest absolute Gasteiger partial charge is 0.309 e. The molecule has 0 aromatic carbocycles. The van der Waals surface area contributed by atoms with Gasteiger partial charge in [-0.2, -0.15) is 0 Å². The summed E-state index contributed by atoms with van der Waals surface area (Å²) >= 11 is 0. The van der Waals surface area contributed by atoms with E-state index in [4.69, 9.17) is 9.15 Å². The van der Waals surface area contributed by atoms with Gasteiger partial charge in [0, 0.05) is 26.7 Å². The predicted molar refractivity (Wildman–Crippen MR) is 125 cm³/mol. The second-order valence-corrected chi connectivity index (χ2v) is 7.57. The summed E-state index contributed by atoms with van der Waals surface area (Å²) in [4.78, 5) is 21.2. The number of piperidine rings is 2. The lowest BCUT2D eigenvalue weighted by Crippen LogP contribution is -2.49. The van der Waals surface area contributed by atoms with Crippen LogP contribution >= 0.6 is 24.0 Å². The molecule has 1 aromatic heterocycles. The van der Waals surface area contributed by atoms with Crippen molar-refractivity contribution in [3.63, 3.8) is 0 Å². The first-order chi connectivity index (χ1) is 13.7. The third-order valence-corrected chi connectivity index (χ3v) is 5.78. The fourth-order valence-electron chi connectivity index (χ4n) is 4.23. The number of hydrogen-bond donors (Lipinski definition) is 1. The molecule has 164 valence electrons. The molecule has 8 heteroatoms. The van der Waals surface area contributed by atoms with Crippen LogP contribution in [0.1, 0.15) is 50.8 Å². The lowest BCUT2D eigenvalue weighted by atomic mass is 9.97. The van der Waals surface area contributed by atoms with E-state index in [0.717, 1.165) is 57.3 Å². The van der Waals surface area contributed by atoms with E-state index in [-0.39, 0.29) is 41.9 Å². The van der Waals surface area contributed by atoms with Crippen LogP contribution in [-0.4, -0.2) is 68.1 Å². The van der Waals surface area contributed by atoms with Gasteiger partial charge in [0.25, 0.3) is 0 Å². The third-order valence-electron chi connectivity index (χ3n) is 5.78. The van der Waals surface area contributed by atoms with Crippen LogP contribution in [0.3, 0.4) is 0 Å². The Morgan fingerprint density at radius 3 is 2.59 bits per heavy atom. The Kier molecular flexibility index (Phi) is 10.3. The molecule has 2 aliphatic rings. The number of carbonyl (C=O) groups excluding carboxylic acids is 1. The van der Waals surface area contributed by atoms with Crippen LogP contribution in [0.4, 0.5) is 0 Å². The summed E-state index contributed by atoms with van der Waals surface area (Å²) in [6.45, 7) is 6.92. The van der Waals surface area contributed by atoms with Crippen molar-refractivity contribution < 1.29 is 13.9 Å². The number of carbonyl (C=O) groups is 1. The van der Waals surface area contributed by atoms with Crippen LogP contribution in [0.15, 0.2) is 27.8 Å². The summed E-state index contributed by atoms with van der Waals surface area (Å²) in [5.74, 6) is 1.85. The third kappa shape index (κ3) is 6.60. The molecular weight excluding hydrogens is 483 g/mol. The standard InChI is InChI=1S/C21H34N4O3.HI/c1-3-27-20(26)17-9-13-25(14-10-17)21(22-2)23-16-18(19-8-7-15-28-19)24-11-5-4-6-12-24;/h7-8,15,17-18H,3-6,9-14,16H2,1-2H3,(H,22,23);1H. The van der Waals surface area contributed by atoms with Crippen LogP contribution in [-0.2, 0) is 9.53 Å². The highest BCUT2D eigenvalue weighted by molar-refractivity contribution is 14.0. The minimum absolute atomic E-state index is 0. The van der Waals surface area contributed by atoms with Gasteiger partial charge in [-0.25, -0.2) is 0 Å². The van der Waals surface area contributed by atoms with Crippen molar-refractivity contribution in [2.75, 3.05) is 46.4 Å². The van der Waals surface area contributed by atoms with Crippen molar-refractivity contribution in [1.82, 2.24) is 15.1 Å².